The summed E-state index contributed by atoms with van der Waals surface area (Å²) < 4.78 is 5.61. The molecule has 2 heterocycles. The predicted octanol–water partition coefficient (Wildman–Crippen LogP) is 4.29. The number of carbonyl (C=O) groups excluding carboxylic acids is 1. The molecule has 0 bridgehead atoms. The predicted molar refractivity (Wildman–Crippen MR) is 109 cm³/mol. The lowest BCUT2D eigenvalue weighted by molar-refractivity contribution is -0.113. The van der Waals surface area contributed by atoms with Crippen LogP contribution < -0.4 is 5.32 Å². The van der Waals surface area contributed by atoms with Crippen LogP contribution >= 0.6 is 23.1 Å². The summed E-state index contributed by atoms with van der Waals surface area (Å²) in [5.41, 5.74) is 2.96. The number of nitrogens with zero attached hydrogens (tertiary/aromatic N) is 4. The van der Waals surface area contributed by atoms with Gasteiger partial charge in [-0.15, -0.1) is 20.4 Å². The second-order valence-corrected chi connectivity index (χ2v) is 7.76. The fraction of sp³-hybridized carbons (Fsp3) is 0.105. The highest BCUT2D eigenvalue weighted by atomic mass is 32.2. The van der Waals surface area contributed by atoms with Crippen LogP contribution in [0.3, 0.4) is 0 Å². The van der Waals surface area contributed by atoms with E-state index in [1.807, 2.05) is 61.5 Å². The van der Waals surface area contributed by atoms with Crippen molar-refractivity contribution in [3.63, 3.8) is 0 Å². The third-order valence-electron chi connectivity index (χ3n) is 3.72. The molecule has 28 heavy (non-hydrogen) atoms. The Morgan fingerprint density at radius 2 is 1.79 bits per heavy atom. The second kappa shape index (κ2) is 8.32. The lowest BCUT2D eigenvalue weighted by Crippen LogP contribution is -2.13. The molecule has 0 aliphatic rings. The van der Waals surface area contributed by atoms with Crippen LogP contribution in [0.2, 0.25) is 0 Å². The van der Waals surface area contributed by atoms with E-state index in [2.05, 4.69) is 25.7 Å². The molecule has 0 fully saturated rings. The molecule has 0 atom stereocenters. The van der Waals surface area contributed by atoms with E-state index < -0.39 is 0 Å². The van der Waals surface area contributed by atoms with Crippen molar-refractivity contribution in [1.82, 2.24) is 20.4 Å². The Bertz CT molecular complexity index is 1080. The number of benzene rings is 2. The third kappa shape index (κ3) is 4.44. The molecule has 1 N–H and O–H groups in total. The summed E-state index contributed by atoms with van der Waals surface area (Å²) in [6.45, 7) is 2.01. The van der Waals surface area contributed by atoms with Gasteiger partial charge in [0.25, 0.3) is 5.22 Å². The van der Waals surface area contributed by atoms with Gasteiger partial charge in [0.15, 0.2) is 0 Å². The van der Waals surface area contributed by atoms with Crippen LogP contribution in [-0.2, 0) is 4.79 Å². The second-order valence-electron chi connectivity index (χ2n) is 5.85. The first-order valence-corrected chi connectivity index (χ1v) is 10.2. The highest BCUT2D eigenvalue weighted by molar-refractivity contribution is 7.99. The normalized spacial score (nSPS) is 10.8. The summed E-state index contributed by atoms with van der Waals surface area (Å²) in [5, 5.41) is 20.4. The number of hydrogen-bond acceptors (Lipinski definition) is 8. The summed E-state index contributed by atoms with van der Waals surface area (Å²) in [6, 6.07) is 17.5. The summed E-state index contributed by atoms with van der Waals surface area (Å²) in [7, 11) is 0. The summed E-state index contributed by atoms with van der Waals surface area (Å²) in [6.07, 6.45) is 0. The first-order chi connectivity index (χ1) is 13.7. The Labute approximate surface area is 169 Å². The first kappa shape index (κ1) is 18.3. The zero-order valence-corrected chi connectivity index (χ0v) is 16.5. The Hall–Kier alpha value is -3.04. The van der Waals surface area contributed by atoms with E-state index in [4.69, 9.17) is 4.42 Å². The molecule has 4 rings (SSSR count). The number of nitrogens with one attached hydrogen (secondary N) is 1. The van der Waals surface area contributed by atoms with Gasteiger partial charge < -0.3 is 4.42 Å². The van der Waals surface area contributed by atoms with Crippen LogP contribution in [0.1, 0.15) is 5.56 Å². The SMILES string of the molecule is Cc1ccc(-c2nnc(SCC(=O)Nc3nnc(-c4ccccc4)s3)o2)cc1. The average Bonchev–Trinajstić information content (AvgIpc) is 3.37. The molecule has 1 amide bonds. The first-order valence-electron chi connectivity index (χ1n) is 8.39. The van der Waals surface area contributed by atoms with Gasteiger partial charge in [-0.1, -0.05) is 71.1 Å². The van der Waals surface area contributed by atoms with E-state index in [0.29, 0.717) is 16.2 Å². The van der Waals surface area contributed by atoms with Crippen molar-refractivity contribution in [2.24, 2.45) is 0 Å². The van der Waals surface area contributed by atoms with Crippen molar-refractivity contribution < 1.29 is 9.21 Å². The van der Waals surface area contributed by atoms with E-state index in [1.54, 1.807) is 0 Å². The molecule has 2 aromatic heterocycles. The van der Waals surface area contributed by atoms with Gasteiger partial charge in [-0.25, -0.2) is 0 Å². The topological polar surface area (TPSA) is 93.8 Å². The summed E-state index contributed by atoms with van der Waals surface area (Å²) in [4.78, 5) is 12.2. The Kier molecular flexibility index (Phi) is 5.45. The molecule has 0 saturated heterocycles. The van der Waals surface area contributed by atoms with Crippen molar-refractivity contribution >= 4 is 34.1 Å². The van der Waals surface area contributed by atoms with Crippen molar-refractivity contribution in [3.8, 4) is 22.0 Å². The van der Waals surface area contributed by atoms with E-state index in [9.17, 15) is 4.79 Å². The third-order valence-corrected chi connectivity index (χ3v) is 5.43. The minimum atomic E-state index is -0.212. The van der Waals surface area contributed by atoms with Gasteiger partial charge in [0.05, 0.1) is 5.75 Å². The Morgan fingerprint density at radius 3 is 2.57 bits per heavy atom. The van der Waals surface area contributed by atoms with Gasteiger partial charge in [0, 0.05) is 11.1 Å². The average molecular weight is 409 g/mol. The quantitative estimate of drug-likeness (QED) is 0.475. The summed E-state index contributed by atoms with van der Waals surface area (Å²) in [5.74, 6) is 0.353. The van der Waals surface area contributed by atoms with Crippen molar-refractivity contribution in [2.45, 2.75) is 12.1 Å². The van der Waals surface area contributed by atoms with Crippen LogP contribution in [0, 0.1) is 6.92 Å². The fourth-order valence-electron chi connectivity index (χ4n) is 2.33. The number of aromatic nitrogens is 4. The zero-order chi connectivity index (χ0) is 19.3. The zero-order valence-electron chi connectivity index (χ0n) is 14.8. The molecule has 0 saturated carbocycles. The van der Waals surface area contributed by atoms with Crippen molar-refractivity contribution in [1.29, 1.82) is 0 Å². The van der Waals surface area contributed by atoms with Gasteiger partial charge in [-0.05, 0) is 19.1 Å². The molecular formula is C19H15N5O2S2. The fourth-order valence-corrected chi connectivity index (χ4v) is 3.66. The van der Waals surface area contributed by atoms with Crippen LogP contribution in [0.4, 0.5) is 5.13 Å². The van der Waals surface area contributed by atoms with Gasteiger partial charge in [-0.3, -0.25) is 10.1 Å². The van der Waals surface area contributed by atoms with Crippen LogP contribution in [0.5, 0.6) is 0 Å². The smallest absolute Gasteiger partial charge is 0.277 e. The van der Waals surface area contributed by atoms with Gasteiger partial charge in [0.2, 0.25) is 16.9 Å². The van der Waals surface area contributed by atoms with Crippen LogP contribution in [0.15, 0.2) is 64.2 Å². The Morgan fingerprint density at radius 1 is 1.00 bits per heavy atom. The Balaban J connectivity index is 1.33. The molecule has 0 aliphatic carbocycles. The maximum atomic E-state index is 12.2. The minimum Gasteiger partial charge on any atom is -0.411 e. The molecule has 0 radical (unpaired) electrons. The highest BCUT2D eigenvalue weighted by Crippen LogP contribution is 2.27. The summed E-state index contributed by atoms with van der Waals surface area (Å²) >= 11 is 2.50. The lowest BCUT2D eigenvalue weighted by Gasteiger charge is -1.98. The van der Waals surface area contributed by atoms with Gasteiger partial charge in [0.1, 0.15) is 5.01 Å². The lowest BCUT2D eigenvalue weighted by atomic mass is 10.1. The molecule has 9 heteroatoms. The molecule has 0 unspecified atom stereocenters. The number of carbonyl (C=O) groups is 1. The largest absolute Gasteiger partial charge is 0.411 e. The maximum Gasteiger partial charge on any atom is 0.277 e. The van der Waals surface area contributed by atoms with Crippen molar-refractivity contribution in [3.05, 3.63) is 60.2 Å². The number of anilines is 1. The van der Waals surface area contributed by atoms with Crippen LogP contribution in [0.25, 0.3) is 22.0 Å². The van der Waals surface area contributed by atoms with E-state index in [0.717, 1.165) is 21.7 Å². The van der Waals surface area contributed by atoms with E-state index in [-0.39, 0.29) is 11.7 Å². The molecule has 0 spiro atoms. The number of hydrogen-bond donors (Lipinski definition) is 1. The van der Waals surface area contributed by atoms with Gasteiger partial charge in [-0.2, -0.15) is 0 Å². The van der Waals surface area contributed by atoms with Crippen molar-refractivity contribution in [2.75, 3.05) is 11.1 Å². The van der Waals surface area contributed by atoms with E-state index >= 15 is 0 Å². The molecule has 0 aliphatic heterocycles. The van der Waals surface area contributed by atoms with E-state index in [1.165, 1.54) is 23.1 Å². The number of rotatable bonds is 6. The monoisotopic (exact) mass is 409 g/mol. The molecule has 4 aromatic rings. The number of aryl methyl sites for hydroxylation is 1. The molecule has 140 valence electrons. The van der Waals surface area contributed by atoms with Crippen LogP contribution in [-0.4, -0.2) is 32.1 Å². The highest BCUT2D eigenvalue weighted by Gasteiger charge is 2.13. The number of thioether (sulfide) groups is 1. The number of amides is 1. The molecule has 2 aromatic carbocycles. The van der Waals surface area contributed by atoms with Gasteiger partial charge >= 0.3 is 0 Å². The minimum absolute atomic E-state index is 0.135. The maximum absolute atomic E-state index is 12.2. The standard InChI is InChI=1S/C19H15N5O2S2/c1-12-7-9-13(10-8-12)16-21-24-19(26-16)27-11-15(25)20-18-23-22-17(28-18)14-5-3-2-4-6-14/h2-10H,11H2,1H3,(H,20,23,25). The molecule has 7 nitrogen and oxygen atoms in total. The molecular weight excluding hydrogens is 394 g/mol.